The Bertz CT molecular complexity index is 2220. The first kappa shape index (κ1) is 28.0. The van der Waals surface area contributed by atoms with Crippen LogP contribution in [0.15, 0.2) is 108 Å². The number of nitrogens with zero attached hydrogens (tertiary/aromatic N) is 3. The van der Waals surface area contributed by atoms with Crippen LogP contribution in [0.2, 0.25) is 0 Å². The molecule has 7 aromatic rings. The van der Waals surface area contributed by atoms with Crippen molar-refractivity contribution < 1.29 is 37.0 Å². The van der Waals surface area contributed by atoms with Crippen molar-refractivity contribution in [1.29, 1.82) is 0 Å². The standard InChI is InChI=1S/C33H19F3N4O4S/c34-33(35,36)43-21-15-13-20(14-16-21)40-28(32(42)44-39-40)29(41)30-27(37)26-24(19-7-2-1-3-8-19)17-25(38-31(26)45-30)23-12-6-10-18-9-4-5-11-22(18)23/h1-17H,(H2-,37,39,41,42)/p+1. The molecule has 0 atom stereocenters. The van der Waals surface area contributed by atoms with E-state index in [0.717, 1.165) is 55.6 Å². The van der Waals surface area contributed by atoms with Crippen LogP contribution in [0.5, 0.6) is 11.7 Å². The number of rotatable bonds is 6. The highest BCUT2D eigenvalue weighted by Crippen LogP contribution is 2.43. The molecule has 3 N–H and O–H groups in total. The van der Waals surface area contributed by atoms with Gasteiger partial charge in [-0.3, -0.25) is 9.32 Å². The van der Waals surface area contributed by atoms with Crippen LogP contribution in [0.3, 0.4) is 0 Å². The van der Waals surface area contributed by atoms with Crippen molar-refractivity contribution in [3.05, 3.63) is 114 Å². The molecule has 3 aromatic heterocycles. The van der Waals surface area contributed by atoms with Crippen molar-refractivity contribution in [2.45, 2.75) is 6.36 Å². The highest BCUT2D eigenvalue weighted by Gasteiger charge is 2.38. The third-order valence-electron chi connectivity index (χ3n) is 7.21. The third-order valence-corrected chi connectivity index (χ3v) is 8.31. The molecule has 0 saturated heterocycles. The molecule has 0 spiro atoms. The van der Waals surface area contributed by atoms with Crippen LogP contribution >= 0.6 is 11.3 Å². The minimum absolute atomic E-state index is 0.0778. The van der Waals surface area contributed by atoms with Gasteiger partial charge in [-0.05, 0) is 40.1 Å². The Morgan fingerprint density at radius 2 is 1.62 bits per heavy atom. The number of nitrogen functional groups attached to an aromatic ring is 1. The number of ketones is 1. The summed E-state index contributed by atoms with van der Waals surface area (Å²) in [6, 6.07) is 30.0. The molecule has 222 valence electrons. The fourth-order valence-corrected chi connectivity index (χ4v) is 6.30. The van der Waals surface area contributed by atoms with Gasteiger partial charge in [-0.15, -0.1) is 24.5 Å². The Morgan fingerprint density at radius 1 is 0.911 bits per heavy atom. The summed E-state index contributed by atoms with van der Waals surface area (Å²) in [6.45, 7) is 0. The molecule has 7 rings (SSSR count). The van der Waals surface area contributed by atoms with E-state index in [2.05, 4.69) is 10.0 Å². The van der Waals surface area contributed by atoms with E-state index in [9.17, 15) is 23.1 Å². The highest BCUT2D eigenvalue weighted by molar-refractivity contribution is 7.21. The van der Waals surface area contributed by atoms with Crippen molar-refractivity contribution in [2.75, 3.05) is 5.73 Å². The van der Waals surface area contributed by atoms with E-state index in [-0.39, 0.29) is 21.9 Å². The first-order chi connectivity index (χ1) is 21.7. The Balaban J connectivity index is 1.38. The first-order valence-corrected chi connectivity index (χ1v) is 14.3. The van der Waals surface area contributed by atoms with Crippen LogP contribution in [0.1, 0.15) is 15.4 Å². The maximum absolute atomic E-state index is 14.0. The summed E-state index contributed by atoms with van der Waals surface area (Å²) in [5.41, 5.74) is 9.79. The SMILES string of the molecule is Nc1c(C(=O)c2c(O)on[n+]2-c2ccc(OC(F)(F)F)cc2)sc2nc(-c3cccc4ccccc34)cc(-c3ccccc3)c12. The van der Waals surface area contributed by atoms with Gasteiger partial charge in [0.1, 0.15) is 15.5 Å². The Kier molecular flexibility index (Phi) is 6.70. The zero-order chi connectivity index (χ0) is 31.3. The minimum atomic E-state index is -4.87. The number of alkyl halides is 3. The number of carbonyl (C=O) groups excluding carboxylic acids is 1. The van der Waals surface area contributed by atoms with Gasteiger partial charge in [0, 0.05) is 27.8 Å². The maximum Gasteiger partial charge on any atom is 0.573 e. The lowest BCUT2D eigenvalue weighted by Gasteiger charge is -2.11. The number of hydrogen-bond donors (Lipinski definition) is 2. The predicted octanol–water partition coefficient (Wildman–Crippen LogP) is 7.47. The van der Waals surface area contributed by atoms with Crippen molar-refractivity contribution in [2.24, 2.45) is 0 Å². The summed E-state index contributed by atoms with van der Waals surface area (Å²) in [7, 11) is 0. The number of thiophene rings is 1. The second-order valence-corrected chi connectivity index (χ2v) is 11.0. The molecule has 0 fully saturated rings. The normalized spacial score (nSPS) is 11.7. The molecule has 0 amide bonds. The van der Waals surface area contributed by atoms with E-state index in [1.165, 1.54) is 12.1 Å². The minimum Gasteiger partial charge on any atom is -0.474 e. The lowest BCUT2D eigenvalue weighted by Crippen LogP contribution is -2.38. The molecule has 0 saturated carbocycles. The second-order valence-electron chi connectivity index (χ2n) is 9.98. The van der Waals surface area contributed by atoms with Crippen molar-refractivity contribution >= 4 is 43.8 Å². The van der Waals surface area contributed by atoms with Crippen molar-refractivity contribution in [3.8, 4) is 39.8 Å². The summed E-state index contributed by atoms with van der Waals surface area (Å²) < 4.78 is 47.7. The van der Waals surface area contributed by atoms with Gasteiger partial charge >= 0.3 is 18.0 Å². The third kappa shape index (κ3) is 5.10. The summed E-state index contributed by atoms with van der Waals surface area (Å²) in [4.78, 5) is 19.5. The van der Waals surface area contributed by atoms with E-state index in [0.29, 0.717) is 15.9 Å². The highest BCUT2D eigenvalue weighted by atomic mass is 32.1. The molecule has 4 aromatic carbocycles. The molecule has 0 bridgehead atoms. The van der Waals surface area contributed by atoms with E-state index < -0.39 is 23.8 Å². The van der Waals surface area contributed by atoms with Gasteiger partial charge < -0.3 is 15.6 Å². The number of hydrogen-bond acceptors (Lipinski definition) is 8. The van der Waals surface area contributed by atoms with Gasteiger partial charge in [0.2, 0.25) is 11.0 Å². The molecule has 3 heterocycles. The maximum atomic E-state index is 14.0. The molecule has 45 heavy (non-hydrogen) atoms. The molecule has 0 radical (unpaired) electrons. The van der Waals surface area contributed by atoms with Crippen molar-refractivity contribution in [1.82, 2.24) is 10.3 Å². The summed E-state index contributed by atoms with van der Waals surface area (Å²) in [5.74, 6) is -1.97. The average molecular weight is 626 g/mol. The van der Waals surface area contributed by atoms with Crippen LogP contribution in [-0.4, -0.2) is 27.5 Å². The number of ether oxygens (including phenoxy) is 1. The van der Waals surface area contributed by atoms with Crippen LogP contribution in [0, 0.1) is 0 Å². The van der Waals surface area contributed by atoms with Gasteiger partial charge in [0.05, 0.1) is 11.4 Å². The number of benzene rings is 4. The van der Waals surface area contributed by atoms with E-state index in [4.69, 9.17) is 15.2 Å². The second kappa shape index (κ2) is 10.8. The van der Waals surface area contributed by atoms with E-state index in [1.807, 2.05) is 78.9 Å². The monoisotopic (exact) mass is 625 g/mol. The van der Waals surface area contributed by atoms with Crippen molar-refractivity contribution in [3.63, 3.8) is 0 Å². The smallest absolute Gasteiger partial charge is 0.474 e. The summed E-state index contributed by atoms with van der Waals surface area (Å²) >= 11 is 1.05. The molecule has 0 aliphatic carbocycles. The zero-order valence-corrected chi connectivity index (χ0v) is 23.8. The van der Waals surface area contributed by atoms with Crippen LogP contribution < -0.4 is 15.2 Å². The number of carbonyl (C=O) groups is 1. The fourth-order valence-electron chi connectivity index (χ4n) is 5.24. The van der Waals surface area contributed by atoms with Gasteiger partial charge in [-0.2, -0.15) is 0 Å². The molecule has 12 heteroatoms. The number of anilines is 1. The summed E-state index contributed by atoms with van der Waals surface area (Å²) in [5, 5.41) is 16.9. The van der Waals surface area contributed by atoms with Gasteiger partial charge in [-0.1, -0.05) is 72.8 Å². The molecular formula is C33H20F3N4O4S+. The molecule has 8 nitrogen and oxygen atoms in total. The largest absolute Gasteiger partial charge is 0.573 e. The van der Waals surface area contributed by atoms with Gasteiger partial charge in [0.25, 0.3) is 5.78 Å². The molecule has 0 aliphatic heterocycles. The number of fused-ring (bicyclic) bond motifs is 2. The predicted molar refractivity (Wildman–Crippen MR) is 162 cm³/mol. The van der Waals surface area contributed by atoms with E-state index in [1.54, 1.807) is 0 Å². The van der Waals surface area contributed by atoms with Crippen LogP contribution in [0.4, 0.5) is 18.9 Å². The average Bonchev–Trinajstić information content (AvgIpc) is 3.59. The number of nitrogens with two attached hydrogens (primary N) is 1. The quantitative estimate of drug-likeness (QED) is 0.146. The summed E-state index contributed by atoms with van der Waals surface area (Å²) in [6.07, 6.45) is -4.87. The number of halogens is 3. The Hall–Kier alpha value is -5.75. The first-order valence-electron chi connectivity index (χ1n) is 13.5. The van der Waals surface area contributed by atoms with Crippen LogP contribution in [-0.2, 0) is 0 Å². The topological polar surface area (TPSA) is 115 Å². The zero-order valence-electron chi connectivity index (χ0n) is 22.9. The number of aromatic nitrogens is 3. The lowest BCUT2D eigenvalue weighted by atomic mass is 9.97. The van der Waals surface area contributed by atoms with Gasteiger partial charge in [0.15, 0.2) is 0 Å². The fraction of sp³-hybridized carbons (Fsp3) is 0.0303. The Labute approximate surface area is 256 Å². The molecule has 0 aliphatic rings. The number of aromatic hydroxyl groups is 1. The van der Waals surface area contributed by atoms with Gasteiger partial charge in [-0.25, -0.2) is 4.98 Å². The van der Waals surface area contributed by atoms with E-state index >= 15 is 0 Å². The Morgan fingerprint density at radius 3 is 2.38 bits per heavy atom. The molecule has 0 unspecified atom stereocenters. The van der Waals surface area contributed by atoms with Crippen LogP contribution in [0.25, 0.3) is 49.1 Å². The number of pyridine rings is 1. The lowest BCUT2D eigenvalue weighted by molar-refractivity contribution is -0.672. The molecular weight excluding hydrogens is 605 g/mol.